The lowest BCUT2D eigenvalue weighted by Gasteiger charge is -2.23. The highest BCUT2D eigenvalue weighted by atomic mass is 32.2. The van der Waals surface area contributed by atoms with E-state index >= 15 is 0 Å². The van der Waals surface area contributed by atoms with Gasteiger partial charge in [0.15, 0.2) is 23.5 Å². The van der Waals surface area contributed by atoms with Crippen molar-refractivity contribution in [1.29, 1.82) is 0 Å². The molecule has 4 rings (SSSR count). The van der Waals surface area contributed by atoms with Crippen LogP contribution in [0.25, 0.3) is 0 Å². The first-order valence-electron chi connectivity index (χ1n) is 13.3. The Labute approximate surface area is 233 Å². The van der Waals surface area contributed by atoms with Crippen molar-refractivity contribution in [3.05, 3.63) is 53.4 Å². The molecule has 0 saturated carbocycles. The summed E-state index contributed by atoms with van der Waals surface area (Å²) in [4.78, 5) is 39.4. The number of amides is 2. The summed E-state index contributed by atoms with van der Waals surface area (Å²) in [5.41, 5.74) is 0.300. The zero-order valence-corrected chi connectivity index (χ0v) is 23.3. The van der Waals surface area contributed by atoms with Gasteiger partial charge in [-0.15, -0.1) is 0 Å². The van der Waals surface area contributed by atoms with Gasteiger partial charge in [-0.1, -0.05) is 13.8 Å². The number of rotatable bonds is 8. The van der Waals surface area contributed by atoms with Crippen molar-refractivity contribution in [3.8, 4) is 11.5 Å². The minimum absolute atomic E-state index is 0.0195. The van der Waals surface area contributed by atoms with Crippen molar-refractivity contribution in [1.82, 2.24) is 14.9 Å². The molecule has 216 valence electrons. The zero-order valence-electron chi connectivity index (χ0n) is 22.5. The van der Waals surface area contributed by atoms with E-state index in [9.17, 15) is 28.0 Å². The predicted octanol–water partition coefficient (Wildman–Crippen LogP) is 1.16. The molecule has 1 aromatic carbocycles. The lowest BCUT2D eigenvalue weighted by atomic mass is 10.0. The van der Waals surface area contributed by atoms with E-state index in [1.807, 2.05) is 13.8 Å². The Morgan fingerprint density at radius 3 is 2.60 bits per heavy atom. The number of carbonyl (C=O) groups excluding carboxylic acids is 3. The van der Waals surface area contributed by atoms with Gasteiger partial charge in [-0.05, 0) is 49.4 Å². The molecule has 13 heteroatoms. The molecule has 12 nitrogen and oxygen atoms in total. The van der Waals surface area contributed by atoms with E-state index in [0.717, 1.165) is 16.9 Å². The number of nitrogens with zero attached hydrogens (tertiary/aromatic N) is 2. The monoisotopic (exact) mass is 574 g/mol. The fourth-order valence-electron chi connectivity index (χ4n) is 4.62. The fraction of sp³-hybridized carbons (Fsp3) is 0.481. The second-order valence-electron chi connectivity index (χ2n) is 10.2. The maximum absolute atomic E-state index is 13.3. The van der Waals surface area contributed by atoms with Crippen LogP contribution in [0.4, 0.5) is 0 Å². The second-order valence-corrected chi connectivity index (χ2v) is 12.1. The van der Waals surface area contributed by atoms with Gasteiger partial charge in [0.05, 0.1) is 25.8 Å². The quantitative estimate of drug-likeness (QED) is 0.351. The van der Waals surface area contributed by atoms with E-state index in [2.05, 4.69) is 10.6 Å². The Balaban J connectivity index is 1.44. The van der Waals surface area contributed by atoms with Gasteiger partial charge in [0.25, 0.3) is 5.91 Å². The number of pyridine rings is 1. The van der Waals surface area contributed by atoms with Crippen molar-refractivity contribution in [2.24, 2.45) is 5.92 Å². The molecule has 2 aromatic rings. The van der Waals surface area contributed by atoms with E-state index in [-0.39, 0.29) is 23.6 Å². The van der Waals surface area contributed by atoms with Gasteiger partial charge in [0, 0.05) is 30.7 Å². The number of ketones is 1. The van der Waals surface area contributed by atoms with Crippen LogP contribution in [0.2, 0.25) is 0 Å². The topological polar surface area (TPSA) is 158 Å². The highest BCUT2D eigenvalue weighted by Crippen LogP contribution is 2.30. The van der Waals surface area contributed by atoms with Crippen LogP contribution in [0.5, 0.6) is 11.5 Å². The van der Waals surface area contributed by atoms with Crippen LogP contribution in [0.1, 0.15) is 49.9 Å². The van der Waals surface area contributed by atoms with Gasteiger partial charge in [-0.3, -0.25) is 14.4 Å². The van der Waals surface area contributed by atoms with Crippen LogP contribution >= 0.6 is 0 Å². The van der Waals surface area contributed by atoms with Crippen LogP contribution in [-0.4, -0.2) is 68.7 Å². The summed E-state index contributed by atoms with van der Waals surface area (Å²) in [7, 11) is -4.21. The highest BCUT2D eigenvalue weighted by Gasteiger charge is 2.37. The molecule has 1 aromatic heterocycles. The average molecular weight is 575 g/mol. The largest absolute Gasteiger partial charge is 0.618 e. The molecule has 2 aliphatic rings. The standard InChI is InChI=1S/C27H34N4O8S/c1-18(2)15-21(29-26(33)19-9-10-23-24(16-19)39-14-6-13-38-23)27(34)28-20-7-5-11-30(17-22(20)32)40(36,37)25-8-3-4-12-31(25)35/h3-4,8-10,12,16,18,20-21H,5-7,11,13-15,17H2,1-2H3,(H,28,34)(H,29,33)/t20-,21-/m1/s1. The van der Waals surface area contributed by atoms with Crippen molar-refractivity contribution in [3.63, 3.8) is 0 Å². The molecule has 3 heterocycles. The van der Waals surface area contributed by atoms with Gasteiger partial charge in [-0.2, -0.15) is 9.04 Å². The van der Waals surface area contributed by atoms with E-state index in [0.29, 0.717) is 43.1 Å². The van der Waals surface area contributed by atoms with Gasteiger partial charge in [-0.25, -0.2) is 8.42 Å². The molecule has 40 heavy (non-hydrogen) atoms. The van der Waals surface area contributed by atoms with Crippen molar-refractivity contribution < 1.29 is 37.0 Å². The van der Waals surface area contributed by atoms with E-state index in [4.69, 9.17) is 9.47 Å². The van der Waals surface area contributed by atoms with E-state index in [1.165, 1.54) is 18.2 Å². The molecule has 2 N–H and O–H groups in total. The maximum Gasteiger partial charge on any atom is 0.323 e. The summed E-state index contributed by atoms with van der Waals surface area (Å²) in [5, 5.41) is 17.1. The molecule has 0 aliphatic carbocycles. The molecule has 1 saturated heterocycles. The Kier molecular flexibility index (Phi) is 9.25. The SMILES string of the molecule is CC(C)C[C@@H](NC(=O)c1ccc2c(c1)OCCCO2)C(=O)N[C@@H]1CCCN(S(=O)(=O)c2cccc[n+]2[O-])CC1=O. The Hall–Kier alpha value is -3.71. The molecule has 0 unspecified atom stereocenters. The number of ether oxygens (including phenoxy) is 2. The minimum atomic E-state index is -4.21. The Morgan fingerprint density at radius 1 is 1.12 bits per heavy atom. The third-order valence-corrected chi connectivity index (χ3v) is 8.51. The van der Waals surface area contributed by atoms with Crippen LogP contribution in [0.15, 0.2) is 47.6 Å². The normalized spacial score (nSPS) is 18.9. The number of Topliss-reactive ketones (excluding diaryl/α,β-unsaturated/α-hetero) is 1. The van der Waals surface area contributed by atoms with Gasteiger partial charge >= 0.3 is 15.0 Å². The minimum Gasteiger partial charge on any atom is -0.618 e. The molecule has 0 spiro atoms. The molecule has 2 aliphatic heterocycles. The number of nitrogens with one attached hydrogen (secondary N) is 2. The van der Waals surface area contributed by atoms with Gasteiger partial charge < -0.3 is 25.3 Å². The number of carbonyl (C=O) groups is 3. The summed E-state index contributed by atoms with van der Waals surface area (Å²) < 4.78 is 38.5. The Bertz CT molecular complexity index is 1360. The highest BCUT2D eigenvalue weighted by molar-refractivity contribution is 7.89. The molecule has 2 amide bonds. The van der Waals surface area contributed by atoms with Gasteiger partial charge in [0.1, 0.15) is 6.04 Å². The molecule has 0 radical (unpaired) electrons. The molecular weight excluding hydrogens is 540 g/mol. The van der Waals surface area contributed by atoms with Crippen molar-refractivity contribution in [2.75, 3.05) is 26.3 Å². The summed E-state index contributed by atoms with van der Waals surface area (Å²) in [6.45, 7) is 4.33. The van der Waals surface area contributed by atoms with E-state index in [1.54, 1.807) is 18.2 Å². The zero-order chi connectivity index (χ0) is 28.9. The predicted molar refractivity (Wildman–Crippen MR) is 143 cm³/mol. The van der Waals surface area contributed by atoms with Crippen molar-refractivity contribution >= 4 is 27.6 Å². The smallest absolute Gasteiger partial charge is 0.323 e. The number of aromatic nitrogens is 1. The number of fused-ring (bicyclic) bond motifs is 1. The third kappa shape index (κ3) is 6.89. The van der Waals surface area contributed by atoms with Crippen LogP contribution < -0.4 is 24.8 Å². The summed E-state index contributed by atoms with van der Waals surface area (Å²) in [5.74, 6) is -0.459. The number of hydrogen-bond donors (Lipinski definition) is 2. The van der Waals surface area contributed by atoms with Crippen molar-refractivity contribution in [2.45, 2.75) is 56.6 Å². The maximum atomic E-state index is 13.3. The van der Waals surface area contributed by atoms with Gasteiger partial charge in [0.2, 0.25) is 5.91 Å². The third-order valence-electron chi connectivity index (χ3n) is 6.67. The number of benzene rings is 1. The summed E-state index contributed by atoms with van der Waals surface area (Å²) >= 11 is 0. The van der Waals surface area contributed by atoms with Crippen LogP contribution in [0, 0.1) is 11.1 Å². The first kappa shape index (κ1) is 29.3. The summed E-state index contributed by atoms with van der Waals surface area (Å²) in [6, 6.07) is 6.97. The average Bonchev–Trinajstić information content (AvgIpc) is 3.26. The molecular formula is C27H34N4O8S. The molecule has 1 fully saturated rings. The number of hydrogen-bond acceptors (Lipinski definition) is 8. The lowest BCUT2D eigenvalue weighted by molar-refractivity contribution is -0.646. The number of sulfonamides is 1. The van der Waals surface area contributed by atoms with E-state index < -0.39 is 51.3 Å². The molecule has 2 atom stereocenters. The second kappa shape index (κ2) is 12.6. The van der Waals surface area contributed by atoms with Crippen LogP contribution in [-0.2, 0) is 19.6 Å². The first-order valence-corrected chi connectivity index (χ1v) is 14.7. The molecule has 0 bridgehead atoms. The Morgan fingerprint density at radius 2 is 1.88 bits per heavy atom. The lowest BCUT2D eigenvalue weighted by Crippen LogP contribution is -2.52. The first-order chi connectivity index (χ1) is 19.1. The fourth-order valence-corrected chi connectivity index (χ4v) is 6.09. The van der Waals surface area contributed by atoms with Crippen LogP contribution in [0.3, 0.4) is 0 Å². The summed E-state index contributed by atoms with van der Waals surface area (Å²) in [6.07, 6.45) is 2.63.